The van der Waals surface area contributed by atoms with Gasteiger partial charge in [0.05, 0.1) is 17.4 Å². The highest BCUT2D eigenvalue weighted by Gasteiger charge is 2.42. The number of hydrogen-bond acceptors (Lipinski definition) is 3. The summed E-state index contributed by atoms with van der Waals surface area (Å²) in [5.41, 5.74) is 1.63. The van der Waals surface area contributed by atoms with Crippen LogP contribution in [-0.2, 0) is 19.7 Å². The molecule has 0 bridgehead atoms. The SMILES string of the molecule is Cc1ccccc1C(C)(C)C(=O)N1CCC([C@@H]2OCCC2C(=O)O)CC1. The molecule has 2 aliphatic rings. The van der Waals surface area contributed by atoms with E-state index in [1.165, 1.54) is 0 Å². The monoisotopic (exact) mass is 359 g/mol. The van der Waals surface area contributed by atoms with Gasteiger partial charge in [0.1, 0.15) is 0 Å². The van der Waals surface area contributed by atoms with Crippen LogP contribution < -0.4 is 0 Å². The van der Waals surface area contributed by atoms with Gasteiger partial charge in [-0.25, -0.2) is 0 Å². The lowest BCUT2D eigenvalue weighted by molar-refractivity contribution is -0.146. The van der Waals surface area contributed by atoms with Gasteiger partial charge in [-0.1, -0.05) is 24.3 Å². The second-order valence-electron chi connectivity index (χ2n) is 8.14. The summed E-state index contributed by atoms with van der Waals surface area (Å²) in [6.07, 6.45) is 2.02. The van der Waals surface area contributed by atoms with E-state index < -0.39 is 17.3 Å². The maximum atomic E-state index is 13.2. The van der Waals surface area contributed by atoms with Crippen LogP contribution >= 0.6 is 0 Å². The number of rotatable bonds is 4. The first-order valence-electron chi connectivity index (χ1n) is 9.52. The van der Waals surface area contributed by atoms with Crippen LogP contribution in [0.25, 0.3) is 0 Å². The maximum absolute atomic E-state index is 13.2. The van der Waals surface area contributed by atoms with E-state index in [9.17, 15) is 14.7 Å². The zero-order valence-electron chi connectivity index (χ0n) is 15.9. The molecule has 0 aromatic heterocycles. The van der Waals surface area contributed by atoms with Crippen LogP contribution in [0.4, 0.5) is 0 Å². The van der Waals surface area contributed by atoms with Gasteiger partial charge in [0, 0.05) is 19.7 Å². The summed E-state index contributed by atoms with van der Waals surface area (Å²) in [7, 11) is 0. The summed E-state index contributed by atoms with van der Waals surface area (Å²) in [5, 5.41) is 9.37. The van der Waals surface area contributed by atoms with Gasteiger partial charge in [0.15, 0.2) is 0 Å². The van der Waals surface area contributed by atoms with Crippen LogP contribution in [0.2, 0.25) is 0 Å². The standard InChI is InChI=1S/C21H29NO4/c1-14-6-4-5-7-17(14)21(2,3)20(25)22-11-8-15(9-12-22)18-16(19(23)24)10-13-26-18/h4-7,15-16,18H,8-13H2,1-3H3,(H,23,24)/t16?,18-/m0/s1. The molecule has 0 radical (unpaired) electrons. The molecule has 2 fully saturated rings. The fourth-order valence-corrected chi connectivity index (χ4v) is 4.56. The number of piperidine rings is 1. The van der Waals surface area contributed by atoms with Crippen LogP contribution in [0.15, 0.2) is 24.3 Å². The second kappa shape index (κ2) is 7.39. The number of hydrogen-bond donors (Lipinski definition) is 1. The number of aliphatic carboxylic acids is 1. The van der Waals surface area contributed by atoms with E-state index in [1.54, 1.807) is 0 Å². The first-order valence-corrected chi connectivity index (χ1v) is 9.52. The van der Waals surface area contributed by atoms with Crippen molar-refractivity contribution < 1.29 is 19.4 Å². The Kier molecular flexibility index (Phi) is 5.37. The zero-order chi connectivity index (χ0) is 18.9. The van der Waals surface area contributed by atoms with Crippen molar-refractivity contribution in [3.05, 3.63) is 35.4 Å². The Morgan fingerprint density at radius 1 is 1.15 bits per heavy atom. The number of nitrogens with zero attached hydrogens (tertiary/aromatic N) is 1. The summed E-state index contributed by atoms with van der Waals surface area (Å²) in [4.78, 5) is 26.5. The van der Waals surface area contributed by atoms with Crippen molar-refractivity contribution in [1.82, 2.24) is 4.90 Å². The number of ether oxygens (including phenoxy) is 1. The van der Waals surface area contributed by atoms with Crippen LogP contribution in [-0.4, -0.2) is 47.7 Å². The predicted octanol–water partition coefficient (Wildman–Crippen LogP) is 3.00. The van der Waals surface area contributed by atoms with Gasteiger partial charge in [-0.05, 0) is 57.1 Å². The first-order chi connectivity index (χ1) is 12.3. The van der Waals surface area contributed by atoms with Crippen molar-refractivity contribution in [3.8, 4) is 0 Å². The highest BCUT2D eigenvalue weighted by molar-refractivity contribution is 5.87. The topological polar surface area (TPSA) is 66.8 Å². The number of carboxylic acid groups (broad SMARTS) is 1. The Morgan fingerprint density at radius 3 is 2.42 bits per heavy atom. The van der Waals surface area contributed by atoms with Gasteiger partial charge in [0.25, 0.3) is 0 Å². The van der Waals surface area contributed by atoms with Gasteiger partial charge in [0.2, 0.25) is 5.91 Å². The average molecular weight is 359 g/mol. The Hall–Kier alpha value is -1.88. The third-order valence-corrected chi connectivity index (χ3v) is 6.10. The smallest absolute Gasteiger partial charge is 0.309 e. The van der Waals surface area contributed by atoms with Crippen molar-refractivity contribution >= 4 is 11.9 Å². The van der Waals surface area contributed by atoms with Crippen molar-refractivity contribution in [2.45, 2.75) is 51.6 Å². The molecule has 142 valence electrons. The Morgan fingerprint density at radius 2 is 1.81 bits per heavy atom. The predicted molar refractivity (Wildman–Crippen MR) is 99.0 cm³/mol. The Bertz CT molecular complexity index is 676. The lowest BCUT2D eigenvalue weighted by Gasteiger charge is -2.39. The molecule has 2 heterocycles. The highest BCUT2D eigenvalue weighted by atomic mass is 16.5. The Labute approximate surface area is 155 Å². The second-order valence-corrected chi connectivity index (χ2v) is 8.14. The summed E-state index contributed by atoms with van der Waals surface area (Å²) < 4.78 is 5.73. The van der Waals surface area contributed by atoms with Crippen molar-refractivity contribution in [2.24, 2.45) is 11.8 Å². The van der Waals surface area contributed by atoms with E-state index >= 15 is 0 Å². The Balaban J connectivity index is 1.65. The van der Waals surface area contributed by atoms with Crippen molar-refractivity contribution in [1.29, 1.82) is 0 Å². The summed E-state index contributed by atoms with van der Waals surface area (Å²) >= 11 is 0. The van der Waals surface area contributed by atoms with Crippen LogP contribution in [0.3, 0.4) is 0 Å². The number of benzene rings is 1. The van der Waals surface area contributed by atoms with Crippen LogP contribution in [0.5, 0.6) is 0 Å². The zero-order valence-corrected chi connectivity index (χ0v) is 15.9. The van der Waals surface area contributed by atoms with Crippen LogP contribution in [0.1, 0.15) is 44.2 Å². The van der Waals surface area contributed by atoms with Crippen molar-refractivity contribution in [3.63, 3.8) is 0 Å². The first kappa shape index (κ1) is 18.9. The van der Waals surface area contributed by atoms with E-state index in [1.807, 2.05) is 49.9 Å². The third kappa shape index (κ3) is 3.50. The number of carbonyl (C=O) groups excluding carboxylic acids is 1. The molecular formula is C21H29NO4. The third-order valence-electron chi connectivity index (χ3n) is 6.10. The molecule has 1 N–H and O–H groups in total. The molecular weight excluding hydrogens is 330 g/mol. The van der Waals surface area contributed by atoms with Gasteiger partial charge in [-0.15, -0.1) is 0 Å². The molecule has 5 nitrogen and oxygen atoms in total. The molecule has 26 heavy (non-hydrogen) atoms. The molecule has 2 aliphatic heterocycles. The fraction of sp³-hybridized carbons (Fsp3) is 0.619. The fourth-order valence-electron chi connectivity index (χ4n) is 4.56. The molecule has 2 saturated heterocycles. The summed E-state index contributed by atoms with van der Waals surface area (Å²) in [5.74, 6) is -0.783. The molecule has 5 heteroatoms. The van der Waals surface area contributed by atoms with Gasteiger partial charge >= 0.3 is 5.97 Å². The van der Waals surface area contributed by atoms with Gasteiger partial charge in [-0.2, -0.15) is 0 Å². The normalized spacial score (nSPS) is 24.7. The summed E-state index contributed by atoms with van der Waals surface area (Å²) in [6, 6.07) is 8.04. The van der Waals surface area contributed by atoms with E-state index in [-0.39, 0.29) is 17.9 Å². The quantitative estimate of drug-likeness (QED) is 0.897. The molecule has 1 amide bonds. The molecule has 1 aromatic carbocycles. The van der Waals surface area contributed by atoms with Gasteiger partial charge < -0.3 is 14.7 Å². The highest BCUT2D eigenvalue weighted by Crippen LogP contribution is 2.35. The minimum atomic E-state index is -0.758. The molecule has 0 aliphatic carbocycles. The van der Waals surface area contributed by atoms with E-state index in [0.717, 1.165) is 24.0 Å². The minimum Gasteiger partial charge on any atom is -0.481 e. The maximum Gasteiger partial charge on any atom is 0.309 e. The van der Waals surface area contributed by atoms with E-state index in [4.69, 9.17) is 4.74 Å². The number of amides is 1. The summed E-state index contributed by atoms with van der Waals surface area (Å²) in [6.45, 7) is 7.89. The molecule has 1 unspecified atom stereocenters. The number of carbonyl (C=O) groups is 2. The lowest BCUT2D eigenvalue weighted by Crippen LogP contribution is -2.49. The van der Waals surface area contributed by atoms with Gasteiger partial charge in [-0.3, -0.25) is 9.59 Å². The molecule has 3 rings (SSSR count). The number of aryl methyl sites for hydroxylation is 1. The van der Waals surface area contributed by atoms with Crippen LogP contribution in [0, 0.1) is 18.8 Å². The number of carboxylic acids is 1. The van der Waals surface area contributed by atoms with E-state index in [0.29, 0.717) is 26.1 Å². The van der Waals surface area contributed by atoms with Crippen molar-refractivity contribution in [2.75, 3.05) is 19.7 Å². The average Bonchev–Trinajstić information content (AvgIpc) is 3.11. The minimum absolute atomic E-state index is 0.146. The molecule has 1 aromatic rings. The molecule has 0 saturated carbocycles. The molecule has 2 atom stereocenters. The van der Waals surface area contributed by atoms with E-state index in [2.05, 4.69) is 0 Å². The molecule has 0 spiro atoms. The lowest BCUT2D eigenvalue weighted by atomic mass is 9.79. The number of likely N-dealkylation sites (tertiary alicyclic amines) is 1. The largest absolute Gasteiger partial charge is 0.481 e.